The number of nitrogens with zero attached hydrogens (tertiary/aromatic N) is 4. The van der Waals surface area contributed by atoms with Crippen LogP contribution in [-0.2, 0) is 9.59 Å². The summed E-state index contributed by atoms with van der Waals surface area (Å²) < 4.78 is 18.6. The van der Waals surface area contributed by atoms with E-state index >= 15 is 0 Å². The Morgan fingerprint density at radius 3 is 2.56 bits per heavy atom. The Bertz CT molecular complexity index is 1070. The van der Waals surface area contributed by atoms with Gasteiger partial charge < -0.3 is 9.64 Å². The summed E-state index contributed by atoms with van der Waals surface area (Å²) in [7, 11) is 0. The second-order valence-electron chi connectivity index (χ2n) is 7.23. The first-order chi connectivity index (χ1) is 15.6. The van der Waals surface area contributed by atoms with Crippen LogP contribution in [0.5, 0.6) is 5.75 Å². The number of piperazine rings is 1. The van der Waals surface area contributed by atoms with Crippen molar-refractivity contribution in [2.24, 2.45) is 0 Å². The van der Waals surface area contributed by atoms with Gasteiger partial charge in [-0.1, -0.05) is 47.7 Å². The Balaban J connectivity index is 1.19. The third-order valence-corrected chi connectivity index (χ3v) is 5.83. The van der Waals surface area contributed by atoms with Crippen molar-refractivity contribution < 1.29 is 18.7 Å². The molecule has 2 aromatic carbocycles. The summed E-state index contributed by atoms with van der Waals surface area (Å²) >= 11 is 1.32. The molecule has 32 heavy (non-hydrogen) atoms. The molecule has 1 aromatic heterocycles. The van der Waals surface area contributed by atoms with Crippen molar-refractivity contribution in [1.29, 1.82) is 0 Å². The molecule has 1 N–H and O–H groups in total. The van der Waals surface area contributed by atoms with Crippen molar-refractivity contribution in [3.05, 3.63) is 60.4 Å². The van der Waals surface area contributed by atoms with E-state index in [-0.39, 0.29) is 25.0 Å². The lowest BCUT2D eigenvalue weighted by Gasteiger charge is -2.34. The predicted molar refractivity (Wildman–Crippen MR) is 119 cm³/mol. The summed E-state index contributed by atoms with van der Waals surface area (Å²) in [6.07, 6.45) is 0. The minimum Gasteiger partial charge on any atom is -0.484 e. The van der Waals surface area contributed by atoms with Gasteiger partial charge in [0.2, 0.25) is 11.0 Å². The highest BCUT2D eigenvalue weighted by molar-refractivity contribution is 7.18. The van der Waals surface area contributed by atoms with E-state index in [2.05, 4.69) is 15.5 Å². The number of carbonyl (C=O) groups is 2. The van der Waals surface area contributed by atoms with E-state index in [0.717, 1.165) is 10.6 Å². The molecule has 2 amide bonds. The lowest BCUT2D eigenvalue weighted by atomic mass is 10.2. The van der Waals surface area contributed by atoms with Crippen LogP contribution in [-0.4, -0.2) is 71.1 Å². The molecule has 166 valence electrons. The molecule has 0 saturated carbocycles. The van der Waals surface area contributed by atoms with Gasteiger partial charge in [-0.3, -0.25) is 19.8 Å². The lowest BCUT2D eigenvalue weighted by Crippen LogP contribution is -2.51. The van der Waals surface area contributed by atoms with Gasteiger partial charge in [0.15, 0.2) is 6.61 Å². The molecule has 0 unspecified atom stereocenters. The van der Waals surface area contributed by atoms with Gasteiger partial charge in [0.25, 0.3) is 5.91 Å². The topological polar surface area (TPSA) is 87.7 Å². The number of rotatable bonds is 7. The molecule has 3 aromatic rings. The van der Waals surface area contributed by atoms with E-state index < -0.39 is 5.82 Å². The average Bonchev–Trinajstić information content (AvgIpc) is 3.27. The Morgan fingerprint density at radius 2 is 1.81 bits per heavy atom. The zero-order valence-electron chi connectivity index (χ0n) is 17.2. The Labute approximate surface area is 188 Å². The molecule has 0 atom stereocenters. The summed E-state index contributed by atoms with van der Waals surface area (Å²) in [4.78, 5) is 28.4. The zero-order chi connectivity index (χ0) is 22.3. The normalized spacial score (nSPS) is 14.2. The van der Waals surface area contributed by atoms with Gasteiger partial charge in [-0.15, -0.1) is 10.2 Å². The maximum atomic E-state index is 13.2. The second-order valence-corrected chi connectivity index (χ2v) is 8.21. The number of amides is 2. The van der Waals surface area contributed by atoms with Crippen LogP contribution in [0.2, 0.25) is 0 Å². The van der Waals surface area contributed by atoms with Crippen molar-refractivity contribution in [3.8, 4) is 16.3 Å². The van der Waals surface area contributed by atoms with E-state index in [4.69, 9.17) is 4.74 Å². The van der Waals surface area contributed by atoms with Crippen LogP contribution in [0.25, 0.3) is 10.6 Å². The monoisotopic (exact) mass is 455 g/mol. The third kappa shape index (κ3) is 5.86. The first kappa shape index (κ1) is 21.8. The Kier molecular flexibility index (Phi) is 7.03. The lowest BCUT2D eigenvalue weighted by molar-refractivity contribution is -0.135. The van der Waals surface area contributed by atoms with Crippen LogP contribution in [0, 0.1) is 5.82 Å². The second kappa shape index (κ2) is 10.3. The molecule has 0 radical (unpaired) electrons. The van der Waals surface area contributed by atoms with Crippen LogP contribution in [0.3, 0.4) is 0 Å². The van der Waals surface area contributed by atoms with Gasteiger partial charge in [0.05, 0.1) is 6.54 Å². The SMILES string of the molecule is O=C(CN1CCN(C(=O)COc2cccc(F)c2)CC1)Nc1nnc(-c2ccccc2)s1. The molecular weight excluding hydrogens is 433 g/mol. The zero-order valence-corrected chi connectivity index (χ0v) is 18.1. The van der Waals surface area contributed by atoms with E-state index in [1.165, 1.54) is 29.5 Å². The first-order valence-electron chi connectivity index (χ1n) is 10.1. The summed E-state index contributed by atoms with van der Waals surface area (Å²) in [6.45, 7) is 2.20. The van der Waals surface area contributed by atoms with Crippen molar-refractivity contribution in [2.45, 2.75) is 0 Å². The van der Waals surface area contributed by atoms with Gasteiger partial charge in [-0.05, 0) is 12.1 Å². The van der Waals surface area contributed by atoms with Crippen LogP contribution in [0.15, 0.2) is 54.6 Å². The van der Waals surface area contributed by atoms with Gasteiger partial charge in [-0.25, -0.2) is 4.39 Å². The Morgan fingerprint density at radius 1 is 1.03 bits per heavy atom. The maximum Gasteiger partial charge on any atom is 0.260 e. The van der Waals surface area contributed by atoms with E-state index in [1.807, 2.05) is 35.2 Å². The molecule has 4 rings (SSSR count). The van der Waals surface area contributed by atoms with E-state index in [1.54, 1.807) is 11.0 Å². The fourth-order valence-electron chi connectivity index (χ4n) is 3.28. The summed E-state index contributed by atoms with van der Waals surface area (Å²) in [5.41, 5.74) is 0.952. The molecule has 0 spiro atoms. The summed E-state index contributed by atoms with van der Waals surface area (Å²) in [5.74, 6) is -0.428. The number of carbonyl (C=O) groups excluding carboxylic acids is 2. The largest absolute Gasteiger partial charge is 0.484 e. The molecule has 2 heterocycles. The molecular formula is C22H22FN5O3S. The number of anilines is 1. The fourth-order valence-corrected chi connectivity index (χ4v) is 4.05. The molecule has 0 bridgehead atoms. The van der Waals surface area contributed by atoms with Crippen LogP contribution < -0.4 is 10.1 Å². The van der Waals surface area contributed by atoms with Crippen molar-refractivity contribution in [1.82, 2.24) is 20.0 Å². The van der Waals surface area contributed by atoms with E-state index in [0.29, 0.717) is 37.1 Å². The molecule has 0 aliphatic carbocycles. The van der Waals surface area contributed by atoms with Gasteiger partial charge >= 0.3 is 0 Å². The van der Waals surface area contributed by atoms with Crippen LogP contribution in [0.4, 0.5) is 9.52 Å². The molecule has 1 aliphatic rings. The van der Waals surface area contributed by atoms with Gasteiger partial charge in [0, 0.05) is 37.8 Å². The fraction of sp³-hybridized carbons (Fsp3) is 0.273. The molecule has 1 aliphatic heterocycles. The minimum absolute atomic E-state index is 0.148. The quantitative estimate of drug-likeness (QED) is 0.589. The highest BCUT2D eigenvalue weighted by Gasteiger charge is 2.23. The number of halogens is 1. The number of ether oxygens (including phenoxy) is 1. The number of nitrogens with one attached hydrogen (secondary N) is 1. The highest BCUT2D eigenvalue weighted by atomic mass is 32.1. The van der Waals surface area contributed by atoms with Crippen molar-refractivity contribution >= 4 is 28.3 Å². The van der Waals surface area contributed by atoms with E-state index in [9.17, 15) is 14.0 Å². The van der Waals surface area contributed by atoms with Crippen molar-refractivity contribution in [3.63, 3.8) is 0 Å². The summed E-state index contributed by atoms with van der Waals surface area (Å²) in [5, 5.41) is 12.2. The Hall–Kier alpha value is -3.37. The number of hydrogen-bond donors (Lipinski definition) is 1. The van der Waals surface area contributed by atoms with Gasteiger partial charge in [0.1, 0.15) is 16.6 Å². The number of benzene rings is 2. The van der Waals surface area contributed by atoms with Crippen LogP contribution in [0.1, 0.15) is 0 Å². The highest BCUT2D eigenvalue weighted by Crippen LogP contribution is 2.25. The summed E-state index contributed by atoms with van der Waals surface area (Å²) in [6, 6.07) is 15.4. The predicted octanol–water partition coefficient (Wildman–Crippen LogP) is 2.51. The van der Waals surface area contributed by atoms with Gasteiger partial charge in [-0.2, -0.15) is 0 Å². The van der Waals surface area contributed by atoms with Crippen molar-refractivity contribution in [2.75, 3.05) is 44.6 Å². The minimum atomic E-state index is -0.411. The number of hydrogen-bond acceptors (Lipinski definition) is 7. The third-order valence-electron chi connectivity index (χ3n) is 4.94. The smallest absolute Gasteiger partial charge is 0.260 e. The maximum absolute atomic E-state index is 13.2. The molecule has 1 fully saturated rings. The number of aromatic nitrogens is 2. The molecule has 8 nitrogen and oxygen atoms in total. The average molecular weight is 456 g/mol. The molecule has 10 heteroatoms. The van der Waals surface area contributed by atoms with Crippen LogP contribution >= 0.6 is 11.3 Å². The molecule has 1 saturated heterocycles. The standard InChI is InChI=1S/C22H22FN5O3S/c23-17-7-4-8-18(13-17)31-15-20(30)28-11-9-27(10-12-28)14-19(29)24-22-26-25-21(32-22)16-5-2-1-3-6-16/h1-8,13H,9-12,14-15H2,(H,24,26,29). The first-order valence-corrected chi connectivity index (χ1v) is 11.0.